The van der Waals surface area contributed by atoms with Crippen LogP contribution in [0.4, 0.5) is 0 Å². The van der Waals surface area contributed by atoms with Gasteiger partial charge in [0.1, 0.15) is 0 Å². The van der Waals surface area contributed by atoms with Crippen molar-refractivity contribution >= 4 is 0 Å². The molecule has 0 spiro atoms. The molecule has 1 saturated carbocycles. The molecule has 2 rings (SSSR count). The van der Waals surface area contributed by atoms with E-state index in [9.17, 15) is 0 Å². The van der Waals surface area contributed by atoms with Gasteiger partial charge in [0.15, 0.2) is 0 Å². The van der Waals surface area contributed by atoms with Gasteiger partial charge in [0.25, 0.3) is 0 Å². The lowest BCUT2D eigenvalue weighted by Crippen LogP contribution is -2.32. The fraction of sp³-hybridized carbons (Fsp3) is 1.00. The minimum atomic E-state index is 0.483. The molecule has 1 saturated heterocycles. The molecule has 2 heteroatoms. The Kier molecular flexibility index (Phi) is 2.89. The van der Waals surface area contributed by atoms with Crippen molar-refractivity contribution in [3.63, 3.8) is 0 Å². The first-order chi connectivity index (χ1) is 6.25. The Morgan fingerprint density at radius 3 is 2.69 bits per heavy atom. The highest BCUT2D eigenvalue weighted by Gasteiger charge is 2.32. The summed E-state index contributed by atoms with van der Waals surface area (Å²) >= 11 is 0. The van der Waals surface area contributed by atoms with E-state index in [1.165, 1.54) is 25.8 Å². The number of hydrogen-bond donors (Lipinski definition) is 1. The zero-order valence-corrected chi connectivity index (χ0v) is 8.75. The van der Waals surface area contributed by atoms with Crippen molar-refractivity contribution in [1.29, 1.82) is 0 Å². The normalized spacial score (nSPS) is 44.8. The Balaban J connectivity index is 1.63. The van der Waals surface area contributed by atoms with Crippen LogP contribution in [0.2, 0.25) is 0 Å². The summed E-state index contributed by atoms with van der Waals surface area (Å²) in [7, 11) is 0. The van der Waals surface area contributed by atoms with Crippen LogP contribution in [-0.4, -0.2) is 25.3 Å². The molecule has 0 aromatic carbocycles. The van der Waals surface area contributed by atoms with Crippen molar-refractivity contribution in [3.05, 3.63) is 0 Å². The minimum absolute atomic E-state index is 0.483. The smallest absolute Gasteiger partial charge is 0.0550 e. The van der Waals surface area contributed by atoms with Gasteiger partial charge in [0.2, 0.25) is 0 Å². The number of hydrogen-bond acceptors (Lipinski definition) is 2. The largest absolute Gasteiger partial charge is 0.378 e. The lowest BCUT2D eigenvalue weighted by Gasteiger charge is -2.27. The van der Waals surface area contributed by atoms with Gasteiger partial charge in [-0.15, -0.1) is 0 Å². The summed E-state index contributed by atoms with van der Waals surface area (Å²) in [4.78, 5) is 0. The van der Waals surface area contributed by atoms with Crippen molar-refractivity contribution in [1.82, 2.24) is 5.32 Å². The summed E-state index contributed by atoms with van der Waals surface area (Å²) in [6.07, 6.45) is 4.36. The molecule has 0 aromatic heterocycles. The average molecular weight is 183 g/mol. The molecule has 0 radical (unpaired) electrons. The topological polar surface area (TPSA) is 21.3 Å². The fourth-order valence-corrected chi connectivity index (χ4v) is 2.20. The molecule has 1 aliphatic heterocycles. The van der Waals surface area contributed by atoms with Gasteiger partial charge in [0.05, 0.1) is 6.10 Å². The molecule has 13 heavy (non-hydrogen) atoms. The van der Waals surface area contributed by atoms with Crippen molar-refractivity contribution in [2.24, 2.45) is 11.8 Å². The Bertz CT molecular complexity index is 171. The number of nitrogens with one attached hydrogen (secondary N) is 1. The van der Waals surface area contributed by atoms with Gasteiger partial charge in [-0.1, -0.05) is 6.92 Å². The van der Waals surface area contributed by atoms with E-state index in [1.807, 2.05) is 0 Å². The molecule has 2 unspecified atom stereocenters. The standard InChI is InChI=1S/C11H21NO/c1-8-5-11(8)12-7-10-3-4-13-9(2)6-10/h8-12H,3-7H2,1-2H3/t8-,9?,10?,11-/m1/s1. The van der Waals surface area contributed by atoms with E-state index in [2.05, 4.69) is 19.2 Å². The van der Waals surface area contributed by atoms with Crippen LogP contribution in [-0.2, 0) is 4.74 Å². The SMILES string of the molecule is CC1CC(CN[C@@H]2C[C@H]2C)CCO1. The van der Waals surface area contributed by atoms with Crippen LogP contribution in [0, 0.1) is 11.8 Å². The molecule has 1 N–H and O–H groups in total. The maximum Gasteiger partial charge on any atom is 0.0550 e. The van der Waals surface area contributed by atoms with Gasteiger partial charge in [-0.3, -0.25) is 0 Å². The predicted octanol–water partition coefficient (Wildman–Crippen LogP) is 1.80. The summed E-state index contributed by atoms with van der Waals surface area (Å²) in [5, 5.41) is 3.64. The van der Waals surface area contributed by atoms with E-state index in [-0.39, 0.29) is 0 Å². The fourth-order valence-electron chi connectivity index (χ4n) is 2.20. The molecule has 2 fully saturated rings. The third-order valence-electron chi connectivity index (χ3n) is 3.37. The van der Waals surface area contributed by atoms with Gasteiger partial charge in [-0.2, -0.15) is 0 Å². The van der Waals surface area contributed by atoms with Crippen LogP contribution in [0.25, 0.3) is 0 Å². The monoisotopic (exact) mass is 183 g/mol. The number of ether oxygens (including phenoxy) is 1. The van der Waals surface area contributed by atoms with E-state index in [1.54, 1.807) is 0 Å². The van der Waals surface area contributed by atoms with E-state index in [4.69, 9.17) is 4.74 Å². The Hall–Kier alpha value is -0.0800. The van der Waals surface area contributed by atoms with Crippen molar-refractivity contribution in [2.75, 3.05) is 13.2 Å². The van der Waals surface area contributed by atoms with Crippen LogP contribution in [0.5, 0.6) is 0 Å². The van der Waals surface area contributed by atoms with E-state index < -0.39 is 0 Å². The van der Waals surface area contributed by atoms with Crippen LogP contribution in [0.3, 0.4) is 0 Å². The first-order valence-electron chi connectivity index (χ1n) is 5.60. The predicted molar refractivity (Wildman–Crippen MR) is 53.7 cm³/mol. The lowest BCUT2D eigenvalue weighted by atomic mass is 9.96. The van der Waals surface area contributed by atoms with Crippen LogP contribution < -0.4 is 5.32 Å². The Morgan fingerprint density at radius 1 is 1.31 bits per heavy atom. The lowest BCUT2D eigenvalue weighted by molar-refractivity contribution is 0.00283. The highest BCUT2D eigenvalue weighted by Crippen LogP contribution is 2.29. The van der Waals surface area contributed by atoms with Crippen molar-refractivity contribution in [2.45, 2.75) is 45.3 Å². The zero-order chi connectivity index (χ0) is 9.26. The summed E-state index contributed by atoms with van der Waals surface area (Å²) in [6.45, 7) is 6.69. The molecule has 4 atom stereocenters. The second-order valence-electron chi connectivity index (χ2n) is 4.80. The zero-order valence-electron chi connectivity index (χ0n) is 8.75. The molecular formula is C11H21NO. The molecule has 0 bridgehead atoms. The highest BCUT2D eigenvalue weighted by atomic mass is 16.5. The minimum Gasteiger partial charge on any atom is -0.378 e. The van der Waals surface area contributed by atoms with Gasteiger partial charge < -0.3 is 10.1 Å². The number of rotatable bonds is 3. The molecule has 1 aliphatic carbocycles. The van der Waals surface area contributed by atoms with Gasteiger partial charge in [0, 0.05) is 12.6 Å². The quantitative estimate of drug-likeness (QED) is 0.720. The third kappa shape index (κ3) is 2.68. The molecular weight excluding hydrogens is 162 g/mol. The third-order valence-corrected chi connectivity index (χ3v) is 3.37. The van der Waals surface area contributed by atoms with Gasteiger partial charge in [-0.05, 0) is 44.6 Å². The van der Waals surface area contributed by atoms with Crippen LogP contribution >= 0.6 is 0 Å². The molecule has 0 aromatic rings. The van der Waals surface area contributed by atoms with Crippen molar-refractivity contribution in [3.8, 4) is 0 Å². The van der Waals surface area contributed by atoms with Crippen molar-refractivity contribution < 1.29 is 4.74 Å². The molecule has 76 valence electrons. The summed E-state index contributed by atoms with van der Waals surface area (Å²) in [6, 6.07) is 0.832. The molecule has 2 nitrogen and oxygen atoms in total. The van der Waals surface area contributed by atoms with Gasteiger partial charge >= 0.3 is 0 Å². The molecule has 0 amide bonds. The second kappa shape index (κ2) is 3.97. The van der Waals surface area contributed by atoms with E-state index in [0.717, 1.165) is 24.5 Å². The average Bonchev–Trinajstić information content (AvgIpc) is 2.79. The first-order valence-corrected chi connectivity index (χ1v) is 5.60. The molecule has 1 heterocycles. The summed E-state index contributed by atoms with van der Waals surface area (Å²) in [5.41, 5.74) is 0. The second-order valence-corrected chi connectivity index (χ2v) is 4.80. The Labute approximate surface area is 81.0 Å². The maximum absolute atomic E-state index is 5.52. The first kappa shape index (κ1) is 9.47. The summed E-state index contributed by atoms with van der Waals surface area (Å²) in [5.74, 6) is 1.79. The van der Waals surface area contributed by atoms with E-state index in [0.29, 0.717) is 6.10 Å². The maximum atomic E-state index is 5.52. The van der Waals surface area contributed by atoms with E-state index >= 15 is 0 Å². The summed E-state index contributed by atoms with van der Waals surface area (Å²) < 4.78 is 5.52. The molecule has 2 aliphatic rings. The Morgan fingerprint density at radius 2 is 2.08 bits per heavy atom. The highest BCUT2D eigenvalue weighted by molar-refractivity contribution is 4.90. The van der Waals surface area contributed by atoms with Crippen LogP contribution in [0.15, 0.2) is 0 Å². The van der Waals surface area contributed by atoms with Crippen LogP contribution in [0.1, 0.15) is 33.1 Å². The van der Waals surface area contributed by atoms with Gasteiger partial charge in [-0.25, -0.2) is 0 Å².